The summed E-state index contributed by atoms with van der Waals surface area (Å²) >= 11 is 0. The lowest BCUT2D eigenvalue weighted by atomic mass is 9.80. The summed E-state index contributed by atoms with van der Waals surface area (Å²) in [6.45, 7) is 1.04. The Hall–Kier alpha value is -3.73. The molecule has 0 radical (unpaired) electrons. The van der Waals surface area contributed by atoms with E-state index in [1.54, 1.807) is 0 Å². The van der Waals surface area contributed by atoms with Crippen LogP contribution in [0.1, 0.15) is 22.3 Å². The molecule has 174 valence electrons. The lowest BCUT2D eigenvalue weighted by Gasteiger charge is -2.36. The zero-order chi connectivity index (χ0) is 23.7. The molecule has 0 N–H and O–H groups in total. The minimum Gasteiger partial charge on any atom is -0.457 e. The van der Waals surface area contributed by atoms with Crippen LogP contribution in [0.15, 0.2) is 121 Å². The third-order valence-corrected chi connectivity index (χ3v) is 7.08. The molecule has 4 heteroatoms. The van der Waals surface area contributed by atoms with E-state index >= 15 is 0 Å². The van der Waals surface area contributed by atoms with Crippen molar-refractivity contribution in [2.75, 3.05) is 6.61 Å². The number of fused-ring (bicyclic) bond motifs is 1. The second-order valence-corrected chi connectivity index (χ2v) is 9.16. The molecule has 2 heterocycles. The van der Waals surface area contributed by atoms with Gasteiger partial charge in [-0.15, -0.1) is 0 Å². The molecular formula is C31H27NO3. The maximum Gasteiger partial charge on any atom is 0.325 e. The summed E-state index contributed by atoms with van der Waals surface area (Å²) in [5.41, 5.74) is 3.48. The maximum atomic E-state index is 12.6. The number of esters is 1. The number of carbonyl (C=O) groups excluding carboxylic acids is 1. The van der Waals surface area contributed by atoms with Gasteiger partial charge in [0.2, 0.25) is 0 Å². The molecule has 2 saturated heterocycles. The first-order valence-corrected chi connectivity index (χ1v) is 12.1. The Kier molecular flexibility index (Phi) is 5.69. The first-order chi connectivity index (χ1) is 17.3. The van der Waals surface area contributed by atoms with Crippen molar-refractivity contribution in [3.05, 3.63) is 144 Å². The normalized spacial score (nSPS) is 22.9. The molecule has 1 unspecified atom stereocenters. The summed E-state index contributed by atoms with van der Waals surface area (Å²) in [6, 6.07) is 41.0. The van der Waals surface area contributed by atoms with Crippen LogP contribution in [-0.4, -0.2) is 35.7 Å². The Balaban J connectivity index is 1.33. The number of hydrogen-bond donors (Lipinski definition) is 0. The van der Waals surface area contributed by atoms with Crippen LogP contribution in [0.4, 0.5) is 0 Å². The molecule has 4 atom stereocenters. The highest BCUT2D eigenvalue weighted by Crippen LogP contribution is 2.44. The number of benzene rings is 4. The first-order valence-electron chi connectivity index (χ1n) is 12.1. The summed E-state index contributed by atoms with van der Waals surface area (Å²) in [7, 11) is 0. The van der Waals surface area contributed by atoms with Gasteiger partial charge in [-0.25, -0.2) is 0 Å². The number of nitrogens with zero attached hydrogens (tertiary/aromatic N) is 1. The van der Waals surface area contributed by atoms with E-state index in [0.29, 0.717) is 6.61 Å². The van der Waals surface area contributed by atoms with Crippen LogP contribution in [0.2, 0.25) is 0 Å². The summed E-state index contributed by atoms with van der Waals surface area (Å²) in [6.07, 6.45) is -0.313. The smallest absolute Gasteiger partial charge is 0.325 e. The lowest BCUT2D eigenvalue weighted by molar-refractivity contribution is -0.151. The fourth-order valence-corrected chi connectivity index (χ4v) is 5.38. The van der Waals surface area contributed by atoms with Gasteiger partial charge in [-0.05, 0) is 22.3 Å². The van der Waals surface area contributed by atoms with Gasteiger partial charge in [0.1, 0.15) is 17.7 Å². The molecule has 2 aliphatic rings. The number of cyclic esters (lactones) is 1. The number of hydrogen-bond acceptors (Lipinski definition) is 4. The Labute approximate surface area is 205 Å². The molecule has 6 rings (SSSR count). The Bertz CT molecular complexity index is 1180. The minimum absolute atomic E-state index is 0.0442. The number of morpholine rings is 1. The summed E-state index contributed by atoms with van der Waals surface area (Å²) in [5.74, 6) is -0.149. The maximum absolute atomic E-state index is 12.6. The van der Waals surface area contributed by atoms with Gasteiger partial charge in [0, 0.05) is 6.54 Å². The third kappa shape index (κ3) is 3.95. The molecule has 0 spiro atoms. The Morgan fingerprint density at radius 1 is 0.686 bits per heavy atom. The summed E-state index contributed by atoms with van der Waals surface area (Å²) in [5, 5.41) is 0. The molecule has 35 heavy (non-hydrogen) atoms. The van der Waals surface area contributed by atoms with Crippen molar-refractivity contribution in [3.63, 3.8) is 0 Å². The topological polar surface area (TPSA) is 38.5 Å². The largest absolute Gasteiger partial charge is 0.457 e. The van der Waals surface area contributed by atoms with E-state index in [1.807, 2.05) is 72.8 Å². The highest BCUT2D eigenvalue weighted by molar-refractivity contribution is 5.83. The second kappa shape index (κ2) is 9.14. The average Bonchev–Trinajstić information content (AvgIpc) is 3.53. The molecule has 0 aromatic heterocycles. The monoisotopic (exact) mass is 461 g/mol. The van der Waals surface area contributed by atoms with E-state index in [4.69, 9.17) is 9.47 Å². The van der Waals surface area contributed by atoms with Crippen LogP contribution in [0.5, 0.6) is 0 Å². The van der Waals surface area contributed by atoms with Gasteiger partial charge < -0.3 is 9.47 Å². The fourth-order valence-electron chi connectivity index (χ4n) is 5.38. The predicted octanol–water partition coefficient (Wildman–Crippen LogP) is 5.17. The van der Waals surface area contributed by atoms with E-state index in [0.717, 1.165) is 23.2 Å². The zero-order valence-electron chi connectivity index (χ0n) is 19.4. The first kappa shape index (κ1) is 21.8. The van der Waals surface area contributed by atoms with Crippen LogP contribution < -0.4 is 0 Å². The van der Waals surface area contributed by atoms with Crippen molar-refractivity contribution >= 4 is 5.97 Å². The van der Waals surface area contributed by atoms with E-state index in [1.165, 1.54) is 5.56 Å². The van der Waals surface area contributed by atoms with Crippen molar-refractivity contribution in [2.45, 2.75) is 30.3 Å². The zero-order valence-corrected chi connectivity index (χ0v) is 19.4. The SMILES string of the molecule is O=C1O[C@H](COC(c2ccccc2)(c2ccccc2)c2ccccc2)[C@@H]2[C@H]1N2Cc1ccccc1. The summed E-state index contributed by atoms with van der Waals surface area (Å²) < 4.78 is 12.7. The Morgan fingerprint density at radius 2 is 1.14 bits per heavy atom. The van der Waals surface area contributed by atoms with E-state index in [2.05, 4.69) is 53.4 Å². The molecular weight excluding hydrogens is 434 g/mol. The van der Waals surface area contributed by atoms with Crippen molar-refractivity contribution in [3.8, 4) is 0 Å². The highest BCUT2D eigenvalue weighted by Gasteiger charge is 2.64. The van der Waals surface area contributed by atoms with Crippen molar-refractivity contribution in [1.82, 2.24) is 4.90 Å². The van der Waals surface area contributed by atoms with Gasteiger partial charge in [-0.1, -0.05) is 121 Å². The molecule has 4 nitrogen and oxygen atoms in total. The number of ether oxygens (including phenoxy) is 2. The molecule has 2 aliphatic heterocycles. The second-order valence-electron chi connectivity index (χ2n) is 9.16. The van der Waals surface area contributed by atoms with Crippen LogP contribution >= 0.6 is 0 Å². The van der Waals surface area contributed by atoms with Gasteiger partial charge in [0.15, 0.2) is 0 Å². The minimum atomic E-state index is -0.826. The van der Waals surface area contributed by atoms with Gasteiger partial charge in [0.05, 0.1) is 12.6 Å². The van der Waals surface area contributed by atoms with Crippen LogP contribution in [0.3, 0.4) is 0 Å². The molecule has 4 aromatic carbocycles. The standard InChI is InChI=1S/C31H27NO3/c33-30-29-28(32(29)21-23-13-5-1-6-14-23)27(35-30)22-34-31(24-15-7-2-8-16-24,25-17-9-3-10-18-25)26-19-11-4-12-20-26/h1-20,27-29H,21-22H2/t27-,28-,29-,32?/m1/s1. The van der Waals surface area contributed by atoms with Crippen molar-refractivity contribution in [2.24, 2.45) is 0 Å². The third-order valence-electron chi connectivity index (χ3n) is 7.08. The average molecular weight is 462 g/mol. The number of carbonyl (C=O) groups is 1. The fraction of sp³-hybridized carbons (Fsp3) is 0.194. The number of rotatable bonds is 8. The van der Waals surface area contributed by atoms with Crippen LogP contribution in [-0.2, 0) is 26.4 Å². The van der Waals surface area contributed by atoms with Crippen molar-refractivity contribution in [1.29, 1.82) is 0 Å². The van der Waals surface area contributed by atoms with Crippen LogP contribution in [0.25, 0.3) is 0 Å². The van der Waals surface area contributed by atoms with Gasteiger partial charge in [-0.2, -0.15) is 0 Å². The highest BCUT2D eigenvalue weighted by atomic mass is 16.6. The molecule has 0 saturated carbocycles. The quantitative estimate of drug-likeness (QED) is 0.206. The predicted molar refractivity (Wildman–Crippen MR) is 135 cm³/mol. The van der Waals surface area contributed by atoms with Gasteiger partial charge in [-0.3, -0.25) is 9.69 Å². The van der Waals surface area contributed by atoms with Gasteiger partial charge in [0.25, 0.3) is 0 Å². The van der Waals surface area contributed by atoms with E-state index < -0.39 is 5.60 Å². The Morgan fingerprint density at radius 3 is 1.63 bits per heavy atom. The molecule has 0 aliphatic carbocycles. The lowest BCUT2D eigenvalue weighted by Crippen LogP contribution is -2.38. The molecule has 4 aromatic rings. The van der Waals surface area contributed by atoms with Crippen molar-refractivity contribution < 1.29 is 14.3 Å². The summed E-state index contributed by atoms with van der Waals surface area (Å²) in [4.78, 5) is 14.9. The van der Waals surface area contributed by atoms with Crippen LogP contribution in [0, 0.1) is 0 Å². The molecule has 0 bridgehead atoms. The molecule has 0 amide bonds. The van der Waals surface area contributed by atoms with E-state index in [9.17, 15) is 4.79 Å². The molecule has 2 fully saturated rings. The van der Waals surface area contributed by atoms with Gasteiger partial charge >= 0.3 is 5.97 Å². The van der Waals surface area contributed by atoms with E-state index in [-0.39, 0.29) is 24.2 Å².